The Balaban J connectivity index is 1.65. The maximum absolute atomic E-state index is 12.3. The number of thiophene rings is 1. The third-order valence-electron chi connectivity index (χ3n) is 4.00. The molecule has 20 heavy (non-hydrogen) atoms. The van der Waals surface area contributed by atoms with Crippen molar-refractivity contribution in [2.24, 2.45) is 0 Å². The van der Waals surface area contributed by atoms with Crippen molar-refractivity contribution in [3.05, 3.63) is 16.3 Å². The van der Waals surface area contributed by atoms with E-state index in [0.717, 1.165) is 12.1 Å². The van der Waals surface area contributed by atoms with Gasteiger partial charge in [0, 0.05) is 37.0 Å². The molecule has 3 rings (SSSR count). The molecular weight excluding hydrogens is 278 g/mol. The maximum Gasteiger partial charge on any atom is 0.407 e. The van der Waals surface area contributed by atoms with Crippen LogP contribution < -0.4 is 5.32 Å². The summed E-state index contributed by atoms with van der Waals surface area (Å²) in [7, 11) is 0. The number of carbonyl (C=O) groups is 2. The monoisotopic (exact) mass is 295 g/mol. The summed E-state index contributed by atoms with van der Waals surface area (Å²) >= 11 is 1.67. The van der Waals surface area contributed by atoms with Gasteiger partial charge in [0.25, 0.3) is 0 Å². The standard InChI is InChI=1S/C13H17N3O3S/c17-12-14-10-4-8-20-11(10)3-7-16(12)9-1-5-15(6-2-9)13(18)19/h4,8-9H,1-3,5-7H2,(H,14,17)(H,18,19). The second kappa shape index (κ2) is 5.32. The van der Waals surface area contributed by atoms with Crippen LogP contribution in [-0.4, -0.2) is 52.7 Å². The number of hydrogen-bond donors (Lipinski definition) is 2. The molecule has 0 unspecified atom stereocenters. The third-order valence-corrected chi connectivity index (χ3v) is 4.98. The van der Waals surface area contributed by atoms with Crippen LogP contribution in [0.4, 0.5) is 15.3 Å². The summed E-state index contributed by atoms with van der Waals surface area (Å²) in [5.74, 6) is 0. The summed E-state index contributed by atoms with van der Waals surface area (Å²) in [6.45, 7) is 1.72. The van der Waals surface area contributed by atoms with Gasteiger partial charge in [-0.05, 0) is 24.3 Å². The number of amides is 3. The molecule has 1 aromatic rings. The largest absolute Gasteiger partial charge is 0.465 e. The van der Waals surface area contributed by atoms with Crippen molar-refractivity contribution in [2.45, 2.75) is 25.3 Å². The number of carboxylic acid groups (broad SMARTS) is 1. The molecule has 1 fully saturated rings. The highest BCUT2D eigenvalue weighted by Gasteiger charge is 2.31. The number of fused-ring (bicyclic) bond motifs is 1. The average molecular weight is 295 g/mol. The highest BCUT2D eigenvalue weighted by atomic mass is 32.1. The molecule has 0 bridgehead atoms. The van der Waals surface area contributed by atoms with Gasteiger partial charge < -0.3 is 20.2 Å². The van der Waals surface area contributed by atoms with E-state index >= 15 is 0 Å². The van der Waals surface area contributed by atoms with Gasteiger partial charge in [-0.15, -0.1) is 11.3 Å². The van der Waals surface area contributed by atoms with Gasteiger partial charge in [-0.3, -0.25) is 0 Å². The molecule has 2 aliphatic rings. The molecule has 0 spiro atoms. The lowest BCUT2D eigenvalue weighted by molar-refractivity contribution is 0.108. The Kier molecular flexibility index (Phi) is 3.52. The molecule has 1 aromatic heterocycles. The summed E-state index contributed by atoms with van der Waals surface area (Å²) in [5.41, 5.74) is 0.922. The van der Waals surface area contributed by atoms with Crippen LogP contribution in [-0.2, 0) is 6.42 Å². The average Bonchev–Trinajstić information content (AvgIpc) is 2.80. The van der Waals surface area contributed by atoms with Crippen molar-refractivity contribution in [1.82, 2.24) is 9.80 Å². The number of nitrogens with zero attached hydrogens (tertiary/aromatic N) is 2. The van der Waals surface area contributed by atoms with Gasteiger partial charge in [-0.25, -0.2) is 9.59 Å². The van der Waals surface area contributed by atoms with Gasteiger partial charge in [-0.1, -0.05) is 0 Å². The molecular formula is C13H17N3O3S. The highest BCUT2D eigenvalue weighted by Crippen LogP contribution is 2.28. The minimum Gasteiger partial charge on any atom is -0.465 e. The van der Waals surface area contributed by atoms with Crippen molar-refractivity contribution in [3.8, 4) is 0 Å². The molecule has 3 amide bonds. The number of piperidine rings is 1. The molecule has 2 aliphatic heterocycles. The number of carbonyl (C=O) groups excluding carboxylic acids is 1. The van der Waals surface area contributed by atoms with Crippen molar-refractivity contribution >= 4 is 29.1 Å². The van der Waals surface area contributed by atoms with Gasteiger partial charge >= 0.3 is 12.1 Å². The van der Waals surface area contributed by atoms with E-state index in [1.165, 1.54) is 9.78 Å². The van der Waals surface area contributed by atoms with Crippen LogP contribution in [0.25, 0.3) is 0 Å². The fourth-order valence-corrected chi connectivity index (χ4v) is 3.70. The van der Waals surface area contributed by atoms with Crippen molar-refractivity contribution < 1.29 is 14.7 Å². The Morgan fingerprint density at radius 3 is 2.80 bits per heavy atom. The SMILES string of the molecule is O=C(O)N1CCC(N2CCc3sccc3NC2=O)CC1. The summed E-state index contributed by atoms with van der Waals surface area (Å²) in [6.07, 6.45) is 1.43. The Morgan fingerprint density at radius 2 is 2.10 bits per heavy atom. The zero-order chi connectivity index (χ0) is 14.1. The van der Waals surface area contributed by atoms with Crippen LogP contribution in [0.2, 0.25) is 0 Å². The summed E-state index contributed by atoms with van der Waals surface area (Å²) in [5, 5.41) is 13.9. The van der Waals surface area contributed by atoms with Crippen molar-refractivity contribution in [1.29, 1.82) is 0 Å². The molecule has 3 heterocycles. The van der Waals surface area contributed by atoms with E-state index in [-0.39, 0.29) is 12.1 Å². The smallest absolute Gasteiger partial charge is 0.407 e. The fraction of sp³-hybridized carbons (Fsp3) is 0.538. The Labute approximate surface area is 121 Å². The number of anilines is 1. The number of urea groups is 1. The Hall–Kier alpha value is -1.76. The summed E-state index contributed by atoms with van der Waals surface area (Å²) in [6, 6.07) is 2.02. The number of hydrogen-bond acceptors (Lipinski definition) is 3. The second-order valence-corrected chi connectivity index (χ2v) is 6.13. The van der Waals surface area contributed by atoms with Gasteiger partial charge in [0.15, 0.2) is 0 Å². The van der Waals surface area contributed by atoms with Gasteiger partial charge in [0.1, 0.15) is 0 Å². The minimum absolute atomic E-state index is 0.0593. The fourth-order valence-electron chi connectivity index (χ4n) is 2.87. The second-order valence-electron chi connectivity index (χ2n) is 5.13. The molecule has 0 aliphatic carbocycles. The first-order valence-electron chi connectivity index (χ1n) is 6.77. The van der Waals surface area contributed by atoms with Gasteiger partial charge in [0.05, 0.1) is 5.69 Å². The molecule has 108 valence electrons. The van der Waals surface area contributed by atoms with Crippen LogP contribution in [0.1, 0.15) is 17.7 Å². The zero-order valence-electron chi connectivity index (χ0n) is 11.0. The van der Waals surface area contributed by atoms with E-state index in [2.05, 4.69) is 5.32 Å². The third kappa shape index (κ3) is 2.45. The molecule has 0 aromatic carbocycles. The lowest BCUT2D eigenvalue weighted by atomic mass is 10.0. The van der Waals surface area contributed by atoms with Crippen LogP contribution in [0.5, 0.6) is 0 Å². The van der Waals surface area contributed by atoms with E-state index in [9.17, 15) is 9.59 Å². The predicted molar refractivity (Wildman–Crippen MR) is 76.4 cm³/mol. The number of rotatable bonds is 1. The quantitative estimate of drug-likeness (QED) is 0.835. The predicted octanol–water partition coefficient (Wildman–Crippen LogP) is 2.28. The zero-order valence-corrected chi connectivity index (χ0v) is 11.9. The van der Waals surface area contributed by atoms with Crippen molar-refractivity contribution in [2.75, 3.05) is 25.0 Å². The van der Waals surface area contributed by atoms with Crippen LogP contribution in [0, 0.1) is 0 Å². The molecule has 0 atom stereocenters. The molecule has 2 N–H and O–H groups in total. The lowest BCUT2D eigenvalue weighted by Gasteiger charge is -2.36. The first kappa shape index (κ1) is 13.2. The van der Waals surface area contributed by atoms with Crippen LogP contribution in [0.15, 0.2) is 11.4 Å². The van der Waals surface area contributed by atoms with E-state index < -0.39 is 6.09 Å². The first-order valence-corrected chi connectivity index (χ1v) is 7.65. The highest BCUT2D eigenvalue weighted by molar-refractivity contribution is 7.10. The Morgan fingerprint density at radius 1 is 1.35 bits per heavy atom. The first-order chi connectivity index (χ1) is 9.65. The van der Waals surface area contributed by atoms with Crippen LogP contribution >= 0.6 is 11.3 Å². The molecule has 1 saturated heterocycles. The van der Waals surface area contributed by atoms with E-state index in [4.69, 9.17) is 5.11 Å². The van der Waals surface area contributed by atoms with Gasteiger partial charge in [0.2, 0.25) is 0 Å². The molecule has 6 nitrogen and oxygen atoms in total. The number of likely N-dealkylation sites (tertiary alicyclic amines) is 1. The number of nitrogens with one attached hydrogen (secondary N) is 1. The van der Waals surface area contributed by atoms with E-state index in [1.807, 2.05) is 16.3 Å². The van der Waals surface area contributed by atoms with Crippen LogP contribution in [0.3, 0.4) is 0 Å². The summed E-state index contributed by atoms with van der Waals surface area (Å²) < 4.78 is 0. The molecule has 7 heteroatoms. The van der Waals surface area contributed by atoms with E-state index in [1.54, 1.807) is 11.3 Å². The lowest BCUT2D eigenvalue weighted by Crippen LogP contribution is -2.49. The maximum atomic E-state index is 12.3. The minimum atomic E-state index is -0.869. The van der Waals surface area contributed by atoms with Gasteiger partial charge in [-0.2, -0.15) is 0 Å². The molecule has 0 saturated carbocycles. The normalized spacial score (nSPS) is 20.3. The summed E-state index contributed by atoms with van der Waals surface area (Å²) in [4.78, 5) is 27.7. The van der Waals surface area contributed by atoms with Crippen molar-refractivity contribution in [3.63, 3.8) is 0 Å². The Bertz CT molecular complexity index is 523. The molecule has 0 radical (unpaired) electrons. The topological polar surface area (TPSA) is 72.9 Å². The van der Waals surface area contributed by atoms with E-state index in [0.29, 0.717) is 32.5 Å².